The molecule has 2 fully saturated rings. The molecule has 13 nitrogen and oxygen atoms in total. The van der Waals surface area contributed by atoms with Crippen LogP contribution in [0.3, 0.4) is 0 Å². The number of allylic oxidation sites excluding steroid dienone is 2. The highest BCUT2D eigenvalue weighted by atomic mass is 28.4. The van der Waals surface area contributed by atoms with Gasteiger partial charge in [-0.2, -0.15) is 0 Å². The summed E-state index contributed by atoms with van der Waals surface area (Å²) in [6.07, 6.45) is 8.29. The predicted molar refractivity (Wildman–Crippen MR) is 311 cm³/mol. The van der Waals surface area contributed by atoms with Gasteiger partial charge in [0.05, 0.1) is 24.3 Å². The minimum absolute atomic E-state index is 0.0272. The molecule has 2 saturated heterocycles. The Labute approximate surface area is 460 Å². The van der Waals surface area contributed by atoms with Crippen molar-refractivity contribution in [3.8, 4) is 0 Å². The number of nitrogens with zero attached hydrogens (tertiary/aromatic N) is 2. The Bertz CT molecular complexity index is 2250. The molecule has 4 amide bonds. The first-order chi connectivity index (χ1) is 35.4. The maximum atomic E-state index is 13.6. The van der Waals surface area contributed by atoms with Crippen molar-refractivity contribution < 1.29 is 51.8 Å². The van der Waals surface area contributed by atoms with Crippen LogP contribution in [0.5, 0.6) is 0 Å². The topological polar surface area (TPSA) is 147 Å². The molecule has 0 bridgehead atoms. The van der Waals surface area contributed by atoms with E-state index in [9.17, 15) is 24.0 Å². The summed E-state index contributed by atoms with van der Waals surface area (Å²) in [5.74, 6) is -0.731. The zero-order valence-corrected chi connectivity index (χ0v) is 51.8. The van der Waals surface area contributed by atoms with Gasteiger partial charge in [0.15, 0.2) is 16.6 Å². The van der Waals surface area contributed by atoms with Gasteiger partial charge >= 0.3 is 12.2 Å². The molecule has 0 saturated carbocycles. The number of carbonyl (C=O) groups is 5. The first kappa shape index (κ1) is 67.3. The lowest BCUT2D eigenvalue weighted by atomic mass is 9.85. The molecule has 0 aromatic heterocycles. The number of amides is 4. The number of rotatable bonds is 23. The highest BCUT2D eigenvalue weighted by molar-refractivity contribution is 6.74. The van der Waals surface area contributed by atoms with Gasteiger partial charge in [-0.05, 0) is 85.6 Å². The molecule has 4 rings (SSSR count). The van der Waals surface area contributed by atoms with Gasteiger partial charge in [-0.25, -0.2) is 19.4 Å². The smallest absolute Gasteiger partial charge is 0.416 e. The fourth-order valence-electron chi connectivity index (χ4n) is 8.49. The van der Waals surface area contributed by atoms with Crippen LogP contribution in [0.25, 0.3) is 0 Å². The number of cyclic esters (lactones) is 2. The van der Waals surface area contributed by atoms with Crippen molar-refractivity contribution in [2.75, 3.05) is 27.4 Å². The van der Waals surface area contributed by atoms with Crippen LogP contribution in [0.4, 0.5) is 9.59 Å². The molecule has 0 spiro atoms. The van der Waals surface area contributed by atoms with Crippen LogP contribution in [0, 0.1) is 23.7 Å². The number of aldehydes is 1. The molecule has 15 heteroatoms. The summed E-state index contributed by atoms with van der Waals surface area (Å²) < 4.78 is 34.9. The molecule has 424 valence electrons. The van der Waals surface area contributed by atoms with E-state index >= 15 is 0 Å². The van der Waals surface area contributed by atoms with E-state index in [1.54, 1.807) is 33.3 Å². The Morgan fingerprint density at radius 1 is 0.671 bits per heavy atom. The van der Waals surface area contributed by atoms with E-state index in [0.717, 1.165) is 23.0 Å². The summed E-state index contributed by atoms with van der Waals surface area (Å²) in [6.45, 7) is 44.3. The monoisotopic (exact) mass is 1090 g/mol. The van der Waals surface area contributed by atoms with Crippen molar-refractivity contribution >= 4 is 46.9 Å². The van der Waals surface area contributed by atoms with Crippen LogP contribution in [-0.2, 0) is 55.0 Å². The standard InChI is InChI=1S/C31H49NO5Si.C17H32O3Si.C13H15NO3/c1-12-27(35-9)28(37-38(10,11)31(6,7)8)22(3)18-21(2)23(4)24(5)29(33)32-26(20-36-30(32)34)19-25-16-14-13-15-17-25;1-10-15(19-7)16(14(3)11-13(2)12-18)20-21(8,9)17(4,5)6;1-2-12(15)14-11(9-17-13(14)16)8-10-6-4-3-5-7-10/h12-18,22-24,26-28H,1,19-20H2,2-11H3;10-12,14-16H,1H2,2-9H3;3-7,11H,2,8-9H2,1H3/b21-18-;13-11-;/t22-,23+,24?,26-,27+,28+;14-,15+,16+;11-/m111/s1. The van der Waals surface area contributed by atoms with Gasteiger partial charge in [-0.1, -0.05) is 167 Å². The molecule has 2 heterocycles. The van der Waals surface area contributed by atoms with Gasteiger partial charge in [-0.3, -0.25) is 14.4 Å². The summed E-state index contributed by atoms with van der Waals surface area (Å²) in [6, 6.07) is 19.2. The molecular weight excluding hydrogens is 993 g/mol. The fraction of sp³-hybridized carbons (Fsp3) is 0.590. The van der Waals surface area contributed by atoms with Gasteiger partial charge in [0.25, 0.3) is 0 Å². The molecular formula is C61H96N2O11Si2. The highest BCUT2D eigenvalue weighted by Crippen LogP contribution is 2.41. The van der Waals surface area contributed by atoms with Crippen LogP contribution in [-0.4, -0.2) is 121 Å². The molecule has 0 radical (unpaired) electrons. The Hall–Kier alpha value is -4.78. The molecule has 2 aliphatic rings. The number of hydrogen-bond acceptors (Lipinski definition) is 11. The minimum Gasteiger partial charge on any atom is -0.447 e. The third kappa shape index (κ3) is 19.3. The quantitative estimate of drug-likeness (QED) is 0.0453. The normalized spacial score (nSPS) is 19.7. The Balaban J connectivity index is 0.000000435. The van der Waals surface area contributed by atoms with Gasteiger partial charge in [0.2, 0.25) is 11.8 Å². The van der Waals surface area contributed by atoms with Crippen LogP contribution >= 0.6 is 0 Å². The number of hydrogen-bond donors (Lipinski definition) is 0. The van der Waals surface area contributed by atoms with Gasteiger partial charge in [-0.15, -0.1) is 13.2 Å². The number of benzene rings is 2. The largest absolute Gasteiger partial charge is 0.447 e. The molecule has 0 aliphatic carbocycles. The molecule has 2 aliphatic heterocycles. The number of ether oxygens (including phenoxy) is 4. The highest BCUT2D eigenvalue weighted by Gasteiger charge is 2.44. The summed E-state index contributed by atoms with van der Waals surface area (Å²) in [7, 11) is -0.665. The van der Waals surface area contributed by atoms with Crippen LogP contribution in [0.15, 0.2) is 109 Å². The second-order valence-electron chi connectivity index (χ2n) is 23.5. The Morgan fingerprint density at radius 2 is 1.05 bits per heavy atom. The Morgan fingerprint density at radius 3 is 1.41 bits per heavy atom. The van der Waals surface area contributed by atoms with Gasteiger partial charge in [0.1, 0.15) is 31.7 Å². The van der Waals surface area contributed by atoms with E-state index in [2.05, 4.69) is 101 Å². The lowest BCUT2D eigenvalue weighted by molar-refractivity contribution is -0.134. The third-order valence-corrected chi connectivity index (χ3v) is 24.6. The van der Waals surface area contributed by atoms with E-state index in [1.807, 2.05) is 94.4 Å². The van der Waals surface area contributed by atoms with E-state index in [4.69, 9.17) is 27.8 Å². The van der Waals surface area contributed by atoms with E-state index in [0.29, 0.717) is 31.4 Å². The summed E-state index contributed by atoms with van der Waals surface area (Å²) >= 11 is 0. The van der Waals surface area contributed by atoms with E-state index in [1.165, 1.54) is 9.80 Å². The molecule has 2 aromatic rings. The minimum atomic E-state index is -2.08. The van der Waals surface area contributed by atoms with Crippen molar-refractivity contribution in [1.82, 2.24) is 9.80 Å². The van der Waals surface area contributed by atoms with Crippen molar-refractivity contribution in [1.29, 1.82) is 0 Å². The fourth-order valence-corrected chi connectivity index (χ4v) is 11.3. The van der Waals surface area contributed by atoms with Gasteiger partial charge in [0, 0.05) is 38.4 Å². The summed E-state index contributed by atoms with van der Waals surface area (Å²) in [5.41, 5.74) is 3.96. The van der Waals surface area contributed by atoms with E-state index < -0.39 is 28.8 Å². The second kappa shape index (κ2) is 30.4. The maximum absolute atomic E-state index is 13.6. The SMILES string of the molecule is C=C[C@H](OC)[C@@H](O[Si](C)(C)C(C)(C)C)[C@H](C)/C=C(/C)C=O.C=C[C@H](OC)[C@@H](O[Si](C)(C)C(C)(C)C)[C@H](C)/C=C(/C)[C@H](C)C(C)C(=O)N1C(=O)OC[C@H]1Cc1ccccc1.CCC(=O)N1C(=O)OC[C@H]1Cc1ccccc1. The van der Waals surface area contributed by atoms with Crippen molar-refractivity contribution in [3.05, 3.63) is 120 Å². The second-order valence-corrected chi connectivity index (χ2v) is 33.0. The first-order valence-corrected chi connectivity index (χ1v) is 32.7. The van der Waals surface area contributed by atoms with E-state index in [-0.39, 0.29) is 88.7 Å². The maximum Gasteiger partial charge on any atom is 0.416 e. The predicted octanol–water partition coefficient (Wildman–Crippen LogP) is 13.4. The summed E-state index contributed by atoms with van der Waals surface area (Å²) in [4.78, 5) is 62.7. The molecule has 10 atom stereocenters. The molecule has 2 aromatic carbocycles. The molecule has 76 heavy (non-hydrogen) atoms. The zero-order chi connectivity index (χ0) is 57.9. The average molecular weight is 1090 g/mol. The van der Waals surface area contributed by atoms with Crippen LogP contribution < -0.4 is 0 Å². The van der Waals surface area contributed by atoms with Crippen molar-refractivity contribution in [2.24, 2.45) is 23.7 Å². The third-order valence-electron chi connectivity index (χ3n) is 15.6. The summed E-state index contributed by atoms with van der Waals surface area (Å²) in [5, 5.41) is 0.173. The molecule has 1 unspecified atom stereocenters. The lowest BCUT2D eigenvalue weighted by Gasteiger charge is -2.42. The molecule has 0 N–H and O–H groups in total. The Kier molecular flexibility index (Phi) is 26.9. The van der Waals surface area contributed by atoms with Crippen molar-refractivity contribution in [3.63, 3.8) is 0 Å². The van der Waals surface area contributed by atoms with Crippen LogP contribution in [0.1, 0.15) is 108 Å². The number of imide groups is 2. The van der Waals surface area contributed by atoms with Crippen LogP contribution in [0.2, 0.25) is 36.3 Å². The average Bonchev–Trinajstić information content (AvgIpc) is 3.92. The first-order valence-electron chi connectivity index (χ1n) is 26.9. The number of methoxy groups -OCH3 is 2. The van der Waals surface area contributed by atoms with Gasteiger partial charge < -0.3 is 27.8 Å². The number of carbonyl (C=O) groups excluding carboxylic acids is 5. The zero-order valence-electron chi connectivity index (χ0n) is 49.8. The van der Waals surface area contributed by atoms with Crippen molar-refractivity contribution in [2.45, 2.75) is 182 Å². The lowest BCUT2D eigenvalue weighted by Crippen LogP contribution is -2.49.